The van der Waals surface area contributed by atoms with Gasteiger partial charge in [0.15, 0.2) is 0 Å². The molecule has 1 heterocycles. The number of nitrogens with zero attached hydrogens (tertiary/aromatic N) is 4. The molecule has 1 aromatic rings. The molecular weight excluding hydrogens is 341 g/mol. The first-order valence-corrected chi connectivity index (χ1v) is 8.22. The van der Waals surface area contributed by atoms with Crippen LogP contribution in [0, 0.1) is 0 Å². The van der Waals surface area contributed by atoms with Crippen molar-refractivity contribution in [1.82, 2.24) is 10.2 Å². The van der Waals surface area contributed by atoms with E-state index in [0.717, 1.165) is 10.5 Å². The van der Waals surface area contributed by atoms with E-state index in [1.165, 1.54) is 0 Å². The number of azide groups is 1. The number of halogens is 1. The minimum absolute atomic E-state index is 0.192. The van der Waals surface area contributed by atoms with Crippen molar-refractivity contribution in [3.8, 4) is 0 Å². The zero-order valence-corrected chi connectivity index (χ0v) is 14.9. The van der Waals surface area contributed by atoms with Crippen LogP contribution in [0.3, 0.4) is 0 Å². The van der Waals surface area contributed by atoms with Crippen LogP contribution >= 0.6 is 0 Å². The first-order valence-electron chi connectivity index (χ1n) is 8.22. The van der Waals surface area contributed by atoms with Crippen LogP contribution in [0.1, 0.15) is 26.3 Å². The first kappa shape index (κ1) is 19.5. The Labute approximate surface area is 150 Å². The third-order valence-corrected chi connectivity index (χ3v) is 3.79. The van der Waals surface area contributed by atoms with E-state index in [1.807, 2.05) is 30.3 Å². The number of likely N-dealkylation sites (tertiary alicyclic amines) is 1. The minimum atomic E-state index is -1.81. The molecule has 1 N–H and O–H groups in total. The van der Waals surface area contributed by atoms with Crippen LogP contribution in [0.2, 0.25) is 0 Å². The maximum atomic E-state index is 14.7. The Kier molecular flexibility index (Phi) is 6.05. The van der Waals surface area contributed by atoms with E-state index in [2.05, 4.69) is 15.3 Å². The summed E-state index contributed by atoms with van der Waals surface area (Å²) in [5.41, 5.74) is 8.63. The fraction of sp³-hybridized carbons (Fsp3) is 0.529. The van der Waals surface area contributed by atoms with Crippen molar-refractivity contribution >= 4 is 12.0 Å². The Morgan fingerprint density at radius 2 is 2.04 bits per heavy atom. The summed E-state index contributed by atoms with van der Waals surface area (Å²) < 4.78 is 19.9. The number of benzene rings is 1. The van der Waals surface area contributed by atoms with Gasteiger partial charge in [-0.05, 0) is 31.9 Å². The van der Waals surface area contributed by atoms with Crippen LogP contribution in [0.4, 0.5) is 9.18 Å². The van der Waals surface area contributed by atoms with Gasteiger partial charge in [0.25, 0.3) is 0 Å². The molecule has 1 fully saturated rings. The number of rotatable bonds is 4. The van der Waals surface area contributed by atoms with E-state index >= 15 is 0 Å². The van der Waals surface area contributed by atoms with Crippen molar-refractivity contribution in [2.75, 3.05) is 6.54 Å². The fourth-order valence-electron chi connectivity index (χ4n) is 2.65. The summed E-state index contributed by atoms with van der Waals surface area (Å²) in [7, 11) is 0. The molecule has 0 aromatic heterocycles. The summed E-state index contributed by atoms with van der Waals surface area (Å²) in [4.78, 5) is 28.5. The van der Waals surface area contributed by atoms with Crippen molar-refractivity contribution in [3.05, 3.63) is 46.3 Å². The largest absolute Gasteiger partial charge is 0.444 e. The van der Waals surface area contributed by atoms with Crippen LogP contribution in [0.15, 0.2) is 35.4 Å². The van der Waals surface area contributed by atoms with E-state index in [0.29, 0.717) is 0 Å². The molecule has 0 unspecified atom stereocenters. The minimum Gasteiger partial charge on any atom is -0.444 e. The van der Waals surface area contributed by atoms with Crippen molar-refractivity contribution in [2.24, 2.45) is 5.11 Å². The number of amides is 2. The van der Waals surface area contributed by atoms with Gasteiger partial charge in [-0.2, -0.15) is 0 Å². The third-order valence-electron chi connectivity index (χ3n) is 3.79. The number of hydrogen-bond donors (Lipinski definition) is 1. The molecule has 0 saturated carbocycles. The topological polar surface area (TPSA) is 107 Å². The molecule has 26 heavy (non-hydrogen) atoms. The molecule has 140 valence electrons. The molecule has 2 rings (SSSR count). The van der Waals surface area contributed by atoms with Crippen LogP contribution in [-0.2, 0) is 16.1 Å². The van der Waals surface area contributed by atoms with Gasteiger partial charge in [-0.15, -0.1) is 0 Å². The normalized spacial score (nSPS) is 22.5. The molecule has 1 saturated heterocycles. The molecule has 1 aromatic carbocycles. The lowest BCUT2D eigenvalue weighted by Gasteiger charge is -2.28. The average molecular weight is 363 g/mol. The smallest absolute Gasteiger partial charge is 0.411 e. The second-order valence-corrected chi connectivity index (χ2v) is 7.00. The van der Waals surface area contributed by atoms with Gasteiger partial charge in [-0.25, -0.2) is 9.18 Å². The number of ether oxygens (including phenoxy) is 1. The van der Waals surface area contributed by atoms with Crippen molar-refractivity contribution in [2.45, 2.75) is 51.2 Å². The number of hydrogen-bond acceptors (Lipinski definition) is 4. The van der Waals surface area contributed by atoms with Gasteiger partial charge in [0.05, 0.1) is 6.04 Å². The molecule has 0 aliphatic carbocycles. The van der Waals surface area contributed by atoms with E-state index in [1.54, 1.807) is 20.8 Å². The standard InChI is InChI=1S/C17H22FN5O3/c1-17(2,3)26-16(25)23-10-12(21-22-19)13(18)14(23)15(24)20-9-11-7-5-4-6-8-11/h4-8,12-14H,9-10H2,1-3H3,(H,20,24)/t12-,13+,14+/m1/s1. The highest BCUT2D eigenvalue weighted by molar-refractivity contribution is 5.87. The fourth-order valence-corrected chi connectivity index (χ4v) is 2.65. The molecule has 0 bridgehead atoms. The highest BCUT2D eigenvalue weighted by Gasteiger charge is 2.49. The molecule has 0 spiro atoms. The summed E-state index contributed by atoms with van der Waals surface area (Å²) >= 11 is 0. The van der Waals surface area contributed by atoms with Crippen LogP contribution in [0.25, 0.3) is 10.4 Å². The zero-order valence-electron chi connectivity index (χ0n) is 14.9. The van der Waals surface area contributed by atoms with Gasteiger partial charge < -0.3 is 10.1 Å². The maximum Gasteiger partial charge on any atom is 0.411 e. The molecule has 0 radical (unpaired) electrons. The lowest BCUT2D eigenvalue weighted by molar-refractivity contribution is -0.127. The second-order valence-electron chi connectivity index (χ2n) is 7.00. The second kappa shape index (κ2) is 8.05. The van der Waals surface area contributed by atoms with Crippen molar-refractivity contribution < 1.29 is 18.7 Å². The zero-order chi connectivity index (χ0) is 19.3. The van der Waals surface area contributed by atoms with Gasteiger partial charge in [-0.1, -0.05) is 35.4 Å². The van der Waals surface area contributed by atoms with Crippen LogP contribution < -0.4 is 5.32 Å². The summed E-state index contributed by atoms with van der Waals surface area (Å²) in [6, 6.07) is 6.56. The van der Waals surface area contributed by atoms with E-state index in [-0.39, 0.29) is 13.1 Å². The number of alkyl halides is 1. The Balaban J connectivity index is 2.15. The van der Waals surface area contributed by atoms with Crippen LogP contribution in [-0.4, -0.2) is 47.3 Å². The van der Waals surface area contributed by atoms with Crippen molar-refractivity contribution in [1.29, 1.82) is 0 Å². The van der Waals surface area contributed by atoms with Crippen molar-refractivity contribution in [3.63, 3.8) is 0 Å². The van der Waals surface area contributed by atoms with Gasteiger partial charge in [0.2, 0.25) is 5.91 Å². The Morgan fingerprint density at radius 1 is 1.38 bits per heavy atom. The lowest BCUT2D eigenvalue weighted by atomic mass is 10.1. The number of nitrogens with one attached hydrogen (secondary N) is 1. The summed E-state index contributed by atoms with van der Waals surface area (Å²) in [6.07, 6.45) is -2.63. The highest BCUT2D eigenvalue weighted by Crippen LogP contribution is 2.26. The van der Waals surface area contributed by atoms with E-state index in [4.69, 9.17) is 10.3 Å². The molecule has 3 atom stereocenters. The average Bonchev–Trinajstić information content (AvgIpc) is 2.89. The maximum absolute atomic E-state index is 14.7. The number of carbonyl (C=O) groups is 2. The van der Waals surface area contributed by atoms with E-state index in [9.17, 15) is 14.0 Å². The SMILES string of the molecule is CC(C)(C)OC(=O)N1C[C@@H](N=[N+]=[N-])[C@H](F)[C@H]1C(=O)NCc1ccccc1. The van der Waals surface area contributed by atoms with E-state index < -0.39 is 35.9 Å². The third kappa shape index (κ3) is 4.86. The summed E-state index contributed by atoms with van der Waals surface area (Å²) in [6.45, 7) is 4.98. The molecule has 1 aliphatic heterocycles. The number of carbonyl (C=O) groups excluding carboxylic acids is 2. The monoisotopic (exact) mass is 363 g/mol. The molecule has 9 heteroatoms. The molecular formula is C17H22FN5O3. The Morgan fingerprint density at radius 3 is 2.62 bits per heavy atom. The summed E-state index contributed by atoms with van der Waals surface area (Å²) in [5, 5.41) is 5.98. The molecule has 2 amide bonds. The Bertz CT molecular complexity index is 700. The van der Waals surface area contributed by atoms with Gasteiger partial charge in [-0.3, -0.25) is 9.69 Å². The van der Waals surface area contributed by atoms with Gasteiger partial charge >= 0.3 is 6.09 Å². The van der Waals surface area contributed by atoms with Gasteiger partial charge in [0, 0.05) is 18.0 Å². The van der Waals surface area contributed by atoms with Crippen LogP contribution in [0.5, 0.6) is 0 Å². The Hall–Kier alpha value is -2.80. The summed E-state index contributed by atoms with van der Waals surface area (Å²) in [5.74, 6) is -0.664. The quantitative estimate of drug-likeness (QED) is 0.505. The highest BCUT2D eigenvalue weighted by atomic mass is 19.1. The predicted octanol–water partition coefficient (Wildman–Crippen LogP) is 2.94. The first-order chi connectivity index (χ1) is 12.2. The predicted molar refractivity (Wildman–Crippen MR) is 92.8 cm³/mol. The molecule has 8 nitrogen and oxygen atoms in total. The molecule has 1 aliphatic rings. The van der Waals surface area contributed by atoms with Gasteiger partial charge in [0.1, 0.15) is 17.8 Å². The lowest BCUT2D eigenvalue weighted by Crippen LogP contribution is -2.50.